The highest BCUT2D eigenvalue weighted by Gasteiger charge is 2.21. The lowest BCUT2D eigenvalue weighted by atomic mass is 10.1. The quantitative estimate of drug-likeness (QED) is 0.930. The Kier molecular flexibility index (Phi) is 3.82. The van der Waals surface area contributed by atoms with Gasteiger partial charge in [0, 0.05) is 25.0 Å². The Morgan fingerprint density at radius 1 is 1.45 bits per heavy atom. The average molecular weight is 283 g/mol. The largest absolute Gasteiger partial charge is 0.344 e. The molecule has 0 aliphatic rings. The summed E-state index contributed by atoms with van der Waals surface area (Å²) in [6, 6.07) is 0.918. The fourth-order valence-electron chi connectivity index (χ4n) is 2.04. The van der Waals surface area contributed by atoms with Crippen LogP contribution >= 0.6 is 0 Å². The second-order valence-corrected chi connectivity index (χ2v) is 4.48. The number of aromatic nitrogens is 4. The molecule has 2 aromatic rings. The van der Waals surface area contributed by atoms with Crippen molar-refractivity contribution in [1.29, 1.82) is 0 Å². The Morgan fingerprint density at radius 2 is 2.15 bits per heavy atom. The van der Waals surface area contributed by atoms with E-state index in [1.807, 2.05) is 6.92 Å². The Labute approximate surface area is 114 Å². The highest BCUT2D eigenvalue weighted by atomic mass is 19.3. The van der Waals surface area contributed by atoms with Crippen molar-refractivity contribution in [1.82, 2.24) is 24.9 Å². The van der Waals surface area contributed by atoms with E-state index < -0.39 is 12.5 Å². The zero-order valence-corrected chi connectivity index (χ0v) is 11.3. The third-order valence-corrected chi connectivity index (χ3v) is 2.95. The molecule has 2 heterocycles. The first kappa shape index (κ1) is 14.2. The van der Waals surface area contributed by atoms with Crippen LogP contribution in [-0.4, -0.2) is 25.5 Å². The summed E-state index contributed by atoms with van der Waals surface area (Å²) in [7, 11) is 1.77. The molecule has 8 heteroatoms. The van der Waals surface area contributed by atoms with Crippen LogP contribution < -0.4 is 5.32 Å². The minimum absolute atomic E-state index is 0.173. The van der Waals surface area contributed by atoms with E-state index in [-0.39, 0.29) is 11.7 Å². The molecule has 6 nitrogen and oxygen atoms in total. The van der Waals surface area contributed by atoms with Gasteiger partial charge in [-0.05, 0) is 19.9 Å². The van der Waals surface area contributed by atoms with Gasteiger partial charge in [0.15, 0.2) is 0 Å². The summed E-state index contributed by atoms with van der Waals surface area (Å²) in [6.45, 7) is 0.744. The fraction of sp³-hybridized carbons (Fsp3) is 0.417. The number of carbonyl (C=O) groups is 1. The monoisotopic (exact) mass is 283 g/mol. The molecule has 1 unspecified atom stereocenters. The topological polar surface area (TPSA) is 64.7 Å². The van der Waals surface area contributed by atoms with Crippen LogP contribution in [0.4, 0.5) is 8.78 Å². The number of nitrogens with one attached hydrogen (secondary N) is 1. The van der Waals surface area contributed by atoms with Crippen LogP contribution in [0.1, 0.15) is 41.3 Å². The minimum Gasteiger partial charge on any atom is -0.344 e. The van der Waals surface area contributed by atoms with Crippen LogP contribution in [0.25, 0.3) is 0 Å². The van der Waals surface area contributed by atoms with E-state index in [1.54, 1.807) is 24.9 Å². The van der Waals surface area contributed by atoms with Crippen LogP contribution in [0.15, 0.2) is 18.5 Å². The highest BCUT2D eigenvalue weighted by Crippen LogP contribution is 2.17. The summed E-state index contributed by atoms with van der Waals surface area (Å²) < 4.78 is 27.3. The van der Waals surface area contributed by atoms with E-state index in [0.29, 0.717) is 4.68 Å². The van der Waals surface area contributed by atoms with Gasteiger partial charge in [-0.1, -0.05) is 0 Å². The molecule has 0 saturated heterocycles. The normalized spacial score (nSPS) is 12.7. The van der Waals surface area contributed by atoms with E-state index >= 15 is 0 Å². The average Bonchev–Trinajstić information content (AvgIpc) is 2.95. The zero-order chi connectivity index (χ0) is 14.9. The Morgan fingerprint density at radius 3 is 2.70 bits per heavy atom. The molecule has 20 heavy (non-hydrogen) atoms. The Hall–Kier alpha value is -2.25. The van der Waals surface area contributed by atoms with Gasteiger partial charge < -0.3 is 5.32 Å². The fourth-order valence-corrected chi connectivity index (χ4v) is 2.04. The third kappa shape index (κ3) is 2.68. The van der Waals surface area contributed by atoms with Crippen molar-refractivity contribution in [2.45, 2.75) is 26.4 Å². The number of hydrogen-bond acceptors (Lipinski definition) is 3. The molecule has 0 aliphatic carbocycles. The Bertz CT molecular complexity index is 619. The van der Waals surface area contributed by atoms with Crippen LogP contribution in [-0.2, 0) is 7.05 Å². The number of amides is 1. The smallest absolute Gasteiger partial charge is 0.333 e. The lowest BCUT2D eigenvalue weighted by molar-refractivity contribution is 0.0507. The summed E-state index contributed by atoms with van der Waals surface area (Å²) >= 11 is 0. The molecule has 2 rings (SSSR count). The molecule has 0 fully saturated rings. The molecule has 1 N–H and O–H groups in total. The van der Waals surface area contributed by atoms with Crippen molar-refractivity contribution in [3.63, 3.8) is 0 Å². The summed E-state index contributed by atoms with van der Waals surface area (Å²) in [4.78, 5) is 12.0. The first-order valence-electron chi connectivity index (χ1n) is 6.02. The van der Waals surface area contributed by atoms with E-state index in [0.717, 1.165) is 11.3 Å². The zero-order valence-electron chi connectivity index (χ0n) is 11.3. The van der Waals surface area contributed by atoms with Gasteiger partial charge in [0.1, 0.15) is 5.69 Å². The van der Waals surface area contributed by atoms with E-state index in [2.05, 4.69) is 15.5 Å². The maximum absolute atomic E-state index is 12.7. The SMILES string of the molecule is Cc1nn(C)cc1C(C)NC(=O)c1ccnn1C(F)F. The molecular formula is C12H15F2N5O. The second kappa shape index (κ2) is 5.40. The molecule has 2 aromatic heterocycles. The van der Waals surface area contributed by atoms with Gasteiger partial charge in [-0.15, -0.1) is 0 Å². The first-order chi connectivity index (χ1) is 9.40. The van der Waals surface area contributed by atoms with Gasteiger partial charge in [-0.3, -0.25) is 9.48 Å². The first-order valence-corrected chi connectivity index (χ1v) is 6.02. The lowest BCUT2D eigenvalue weighted by Gasteiger charge is -2.13. The molecule has 0 aromatic carbocycles. The maximum atomic E-state index is 12.7. The molecule has 0 spiro atoms. The van der Waals surface area contributed by atoms with Crippen molar-refractivity contribution in [2.24, 2.45) is 7.05 Å². The lowest BCUT2D eigenvalue weighted by Crippen LogP contribution is -2.29. The van der Waals surface area contributed by atoms with Crippen molar-refractivity contribution in [3.05, 3.63) is 35.4 Å². The van der Waals surface area contributed by atoms with Gasteiger partial charge in [0.25, 0.3) is 5.91 Å². The predicted molar refractivity (Wildman–Crippen MR) is 67.3 cm³/mol. The van der Waals surface area contributed by atoms with Crippen LogP contribution in [0, 0.1) is 6.92 Å². The maximum Gasteiger partial charge on any atom is 0.333 e. The standard InChI is InChI=1S/C12H15F2N5O/c1-7(9-6-18(3)17-8(9)2)16-11(20)10-4-5-15-19(10)12(13)14/h4-7,12H,1-3H3,(H,16,20). The van der Waals surface area contributed by atoms with Gasteiger partial charge in [-0.2, -0.15) is 23.7 Å². The summed E-state index contributed by atoms with van der Waals surface area (Å²) in [5.41, 5.74) is 1.44. The molecule has 1 amide bonds. The molecule has 1 atom stereocenters. The number of alkyl halides is 2. The van der Waals surface area contributed by atoms with E-state index in [4.69, 9.17) is 0 Å². The van der Waals surface area contributed by atoms with Crippen molar-refractivity contribution in [3.8, 4) is 0 Å². The number of halogens is 2. The summed E-state index contributed by atoms with van der Waals surface area (Å²) in [5, 5.41) is 10.3. The van der Waals surface area contributed by atoms with Crippen LogP contribution in [0.3, 0.4) is 0 Å². The van der Waals surface area contributed by atoms with Gasteiger partial charge in [0.2, 0.25) is 0 Å². The molecule has 0 aliphatic heterocycles. The van der Waals surface area contributed by atoms with Gasteiger partial charge >= 0.3 is 6.55 Å². The second-order valence-electron chi connectivity index (χ2n) is 4.48. The van der Waals surface area contributed by atoms with Crippen LogP contribution in [0.5, 0.6) is 0 Å². The molecule has 0 bridgehead atoms. The van der Waals surface area contributed by atoms with E-state index in [9.17, 15) is 13.6 Å². The number of nitrogens with zero attached hydrogens (tertiary/aromatic N) is 4. The third-order valence-electron chi connectivity index (χ3n) is 2.95. The highest BCUT2D eigenvalue weighted by molar-refractivity contribution is 5.92. The van der Waals surface area contributed by atoms with Crippen molar-refractivity contribution >= 4 is 5.91 Å². The summed E-state index contributed by atoms with van der Waals surface area (Å²) in [5.74, 6) is -0.599. The minimum atomic E-state index is -2.85. The van der Waals surface area contributed by atoms with Crippen LogP contribution in [0.2, 0.25) is 0 Å². The summed E-state index contributed by atoms with van der Waals surface area (Å²) in [6.07, 6.45) is 2.95. The number of aryl methyl sites for hydroxylation is 2. The van der Waals surface area contributed by atoms with Crippen molar-refractivity contribution in [2.75, 3.05) is 0 Å². The predicted octanol–water partition coefficient (Wildman–Crippen LogP) is 1.81. The molecular weight excluding hydrogens is 268 g/mol. The van der Waals surface area contributed by atoms with Gasteiger partial charge in [0.05, 0.1) is 11.7 Å². The number of carbonyl (C=O) groups excluding carboxylic acids is 1. The molecule has 0 radical (unpaired) electrons. The van der Waals surface area contributed by atoms with E-state index in [1.165, 1.54) is 12.3 Å². The number of hydrogen-bond donors (Lipinski definition) is 1. The van der Waals surface area contributed by atoms with Gasteiger partial charge in [-0.25, -0.2) is 0 Å². The number of rotatable bonds is 4. The Balaban J connectivity index is 2.15. The molecule has 0 saturated carbocycles. The van der Waals surface area contributed by atoms with Crippen molar-refractivity contribution < 1.29 is 13.6 Å². The molecule has 108 valence electrons.